The number of fused-ring (bicyclic) bond motifs is 1. The Labute approximate surface area is 136 Å². The minimum atomic E-state index is 0.358. The summed E-state index contributed by atoms with van der Waals surface area (Å²) in [6.07, 6.45) is 0. The van der Waals surface area contributed by atoms with Gasteiger partial charge in [-0.1, -0.05) is 37.0 Å². The summed E-state index contributed by atoms with van der Waals surface area (Å²) in [7, 11) is 1.64. The third kappa shape index (κ3) is 3.15. The summed E-state index contributed by atoms with van der Waals surface area (Å²) in [5, 5.41) is 5.27. The SMILES string of the molecule is COCc1c(CNC(C)C)oc2c(Cl)cc(Br)c(Cl)c12. The molecule has 0 saturated heterocycles. The first-order chi connectivity index (χ1) is 9.45. The zero-order valence-corrected chi connectivity index (χ0v) is 14.6. The van der Waals surface area contributed by atoms with Gasteiger partial charge >= 0.3 is 0 Å². The van der Waals surface area contributed by atoms with Crippen LogP contribution >= 0.6 is 39.1 Å². The highest BCUT2D eigenvalue weighted by Crippen LogP contribution is 2.41. The molecule has 0 spiro atoms. The van der Waals surface area contributed by atoms with E-state index in [0.29, 0.717) is 34.8 Å². The summed E-state index contributed by atoms with van der Waals surface area (Å²) < 4.78 is 11.9. The van der Waals surface area contributed by atoms with E-state index >= 15 is 0 Å². The Hall–Kier alpha value is -0.260. The van der Waals surface area contributed by atoms with Gasteiger partial charge in [-0.2, -0.15) is 0 Å². The van der Waals surface area contributed by atoms with E-state index in [1.54, 1.807) is 13.2 Å². The van der Waals surface area contributed by atoms with Crippen LogP contribution in [0.5, 0.6) is 0 Å². The predicted molar refractivity (Wildman–Crippen MR) is 86.6 cm³/mol. The van der Waals surface area contributed by atoms with E-state index in [1.165, 1.54) is 0 Å². The van der Waals surface area contributed by atoms with Crippen molar-refractivity contribution >= 4 is 50.1 Å². The standard InChI is InChI=1S/C14H16BrCl2NO2/c1-7(2)18-5-11-8(6-19-3)12-13(17)9(15)4-10(16)14(12)20-11/h4,7,18H,5-6H2,1-3H3. The van der Waals surface area contributed by atoms with Gasteiger partial charge in [-0.15, -0.1) is 0 Å². The fraction of sp³-hybridized carbons (Fsp3) is 0.429. The molecule has 2 aromatic rings. The summed E-state index contributed by atoms with van der Waals surface area (Å²) in [6, 6.07) is 2.10. The van der Waals surface area contributed by atoms with Gasteiger partial charge in [0.2, 0.25) is 0 Å². The second-order valence-electron chi connectivity index (χ2n) is 4.83. The molecule has 20 heavy (non-hydrogen) atoms. The molecule has 0 radical (unpaired) electrons. The van der Waals surface area contributed by atoms with Crippen molar-refractivity contribution in [1.82, 2.24) is 5.32 Å². The van der Waals surface area contributed by atoms with Crippen LogP contribution in [0.2, 0.25) is 10.0 Å². The third-order valence-electron chi connectivity index (χ3n) is 2.95. The maximum atomic E-state index is 6.37. The van der Waals surface area contributed by atoms with Gasteiger partial charge < -0.3 is 14.5 Å². The van der Waals surface area contributed by atoms with E-state index in [2.05, 4.69) is 35.1 Å². The zero-order chi connectivity index (χ0) is 14.9. The minimum Gasteiger partial charge on any atom is -0.458 e. The maximum absolute atomic E-state index is 6.37. The average Bonchev–Trinajstić information content (AvgIpc) is 2.74. The summed E-state index contributed by atoms with van der Waals surface area (Å²) in [4.78, 5) is 0. The van der Waals surface area contributed by atoms with Crippen molar-refractivity contribution in [2.45, 2.75) is 33.0 Å². The van der Waals surface area contributed by atoms with E-state index < -0.39 is 0 Å². The van der Waals surface area contributed by atoms with Gasteiger partial charge in [0.15, 0.2) is 5.58 Å². The molecule has 1 aromatic heterocycles. The monoisotopic (exact) mass is 379 g/mol. The number of ether oxygens (including phenoxy) is 1. The molecule has 0 unspecified atom stereocenters. The summed E-state index contributed by atoms with van der Waals surface area (Å²) in [6.45, 7) is 5.19. The van der Waals surface area contributed by atoms with Crippen molar-refractivity contribution in [2.24, 2.45) is 0 Å². The van der Waals surface area contributed by atoms with Crippen LogP contribution in [0, 0.1) is 0 Å². The topological polar surface area (TPSA) is 34.4 Å². The molecule has 0 aliphatic heterocycles. The zero-order valence-electron chi connectivity index (χ0n) is 11.5. The Morgan fingerprint density at radius 3 is 2.70 bits per heavy atom. The van der Waals surface area contributed by atoms with Crippen molar-refractivity contribution in [3.05, 3.63) is 31.9 Å². The van der Waals surface area contributed by atoms with E-state index in [9.17, 15) is 0 Å². The van der Waals surface area contributed by atoms with Crippen molar-refractivity contribution < 1.29 is 9.15 Å². The molecule has 0 saturated carbocycles. The number of hydrogen-bond donors (Lipinski definition) is 1. The molecule has 0 fully saturated rings. The molecule has 110 valence electrons. The molecular formula is C14H16BrCl2NO2. The Morgan fingerprint density at radius 1 is 1.40 bits per heavy atom. The predicted octanol–water partition coefficient (Wildman–Crippen LogP) is 5.15. The Morgan fingerprint density at radius 2 is 2.10 bits per heavy atom. The highest BCUT2D eigenvalue weighted by Gasteiger charge is 2.20. The lowest BCUT2D eigenvalue weighted by atomic mass is 10.1. The van der Waals surface area contributed by atoms with Gasteiger partial charge in [0.25, 0.3) is 0 Å². The Kier molecular flexibility index (Phi) is 5.37. The minimum absolute atomic E-state index is 0.358. The molecule has 3 nitrogen and oxygen atoms in total. The number of hydrogen-bond acceptors (Lipinski definition) is 3. The first-order valence-electron chi connectivity index (χ1n) is 6.25. The molecule has 1 heterocycles. The van der Waals surface area contributed by atoms with Crippen LogP contribution in [0.4, 0.5) is 0 Å². The molecule has 0 aliphatic carbocycles. The molecule has 0 atom stereocenters. The van der Waals surface area contributed by atoms with Crippen LogP contribution in [-0.2, 0) is 17.9 Å². The second-order valence-corrected chi connectivity index (χ2v) is 6.47. The molecule has 0 bridgehead atoms. The number of methoxy groups -OCH3 is 1. The number of furan rings is 1. The van der Waals surface area contributed by atoms with Crippen molar-refractivity contribution in [1.29, 1.82) is 0 Å². The quantitative estimate of drug-likeness (QED) is 0.728. The molecule has 1 aromatic carbocycles. The second kappa shape index (κ2) is 6.67. The highest BCUT2D eigenvalue weighted by molar-refractivity contribution is 9.10. The molecule has 0 amide bonds. The van der Waals surface area contributed by atoms with E-state index in [1.807, 2.05) is 0 Å². The van der Waals surface area contributed by atoms with Crippen molar-refractivity contribution in [2.75, 3.05) is 7.11 Å². The van der Waals surface area contributed by atoms with Gasteiger partial charge in [-0.05, 0) is 22.0 Å². The lowest BCUT2D eigenvalue weighted by Gasteiger charge is -2.07. The fourth-order valence-corrected chi connectivity index (χ4v) is 3.06. The number of halogens is 3. The summed E-state index contributed by atoms with van der Waals surface area (Å²) in [5.74, 6) is 0.803. The fourth-order valence-electron chi connectivity index (χ4n) is 2.01. The first-order valence-corrected chi connectivity index (χ1v) is 7.80. The van der Waals surface area contributed by atoms with Crippen LogP contribution in [0.25, 0.3) is 11.0 Å². The van der Waals surface area contributed by atoms with Gasteiger partial charge in [-0.3, -0.25) is 0 Å². The summed E-state index contributed by atoms with van der Waals surface area (Å²) in [5.41, 5.74) is 1.54. The van der Waals surface area contributed by atoms with Crippen LogP contribution in [0.15, 0.2) is 15.0 Å². The highest BCUT2D eigenvalue weighted by atomic mass is 79.9. The summed E-state index contributed by atoms with van der Waals surface area (Å²) >= 11 is 16.0. The van der Waals surface area contributed by atoms with Crippen LogP contribution in [-0.4, -0.2) is 13.2 Å². The van der Waals surface area contributed by atoms with E-state index in [4.69, 9.17) is 32.4 Å². The third-order valence-corrected chi connectivity index (χ3v) is 4.48. The molecule has 1 N–H and O–H groups in total. The van der Waals surface area contributed by atoms with E-state index in [0.717, 1.165) is 21.2 Å². The number of nitrogens with one attached hydrogen (secondary N) is 1. The first kappa shape index (κ1) is 16.1. The van der Waals surface area contributed by atoms with Crippen molar-refractivity contribution in [3.63, 3.8) is 0 Å². The Balaban J connectivity index is 2.60. The Bertz CT molecular complexity index is 625. The van der Waals surface area contributed by atoms with E-state index in [-0.39, 0.29) is 0 Å². The van der Waals surface area contributed by atoms with Crippen molar-refractivity contribution in [3.8, 4) is 0 Å². The van der Waals surface area contributed by atoms with Gasteiger partial charge in [0, 0.05) is 28.6 Å². The lowest BCUT2D eigenvalue weighted by Crippen LogP contribution is -2.22. The van der Waals surface area contributed by atoms with Gasteiger partial charge in [-0.25, -0.2) is 0 Å². The lowest BCUT2D eigenvalue weighted by molar-refractivity contribution is 0.183. The van der Waals surface area contributed by atoms with Gasteiger partial charge in [0.1, 0.15) is 5.76 Å². The normalized spacial score (nSPS) is 11.8. The molecular weight excluding hydrogens is 365 g/mol. The number of benzene rings is 1. The molecule has 0 aliphatic rings. The smallest absolute Gasteiger partial charge is 0.154 e. The van der Waals surface area contributed by atoms with Crippen LogP contribution in [0.3, 0.4) is 0 Å². The maximum Gasteiger partial charge on any atom is 0.154 e. The van der Waals surface area contributed by atoms with Crippen LogP contribution in [0.1, 0.15) is 25.2 Å². The molecule has 6 heteroatoms. The number of rotatable bonds is 5. The van der Waals surface area contributed by atoms with Crippen LogP contribution < -0.4 is 5.32 Å². The largest absolute Gasteiger partial charge is 0.458 e. The van der Waals surface area contributed by atoms with Gasteiger partial charge in [0.05, 0.1) is 23.2 Å². The molecule has 2 rings (SSSR count). The average molecular weight is 381 g/mol.